The van der Waals surface area contributed by atoms with Crippen molar-refractivity contribution in [1.82, 2.24) is 29.4 Å². The average Bonchev–Trinajstić information content (AvgIpc) is 3.44. The first-order chi connectivity index (χ1) is 13.6. The molecular formula is C20H19BrN6O. The molecule has 8 heteroatoms. The summed E-state index contributed by atoms with van der Waals surface area (Å²) in [5.74, 6) is -0.206. The number of rotatable bonds is 6. The molecule has 1 N–H and O–H groups in total. The van der Waals surface area contributed by atoms with Crippen LogP contribution in [0.4, 0.5) is 0 Å². The van der Waals surface area contributed by atoms with Gasteiger partial charge in [0.25, 0.3) is 5.91 Å². The fourth-order valence-corrected chi connectivity index (χ4v) is 3.25. The van der Waals surface area contributed by atoms with Crippen molar-refractivity contribution >= 4 is 21.8 Å². The number of aromatic nitrogens is 5. The van der Waals surface area contributed by atoms with E-state index in [1.165, 1.54) is 0 Å². The Morgan fingerprint density at radius 2 is 1.86 bits per heavy atom. The average molecular weight is 439 g/mol. The van der Waals surface area contributed by atoms with E-state index in [1.807, 2.05) is 66.5 Å². The van der Waals surface area contributed by atoms with Crippen LogP contribution in [0.15, 0.2) is 77.9 Å². The summed E-state index contributed by atoms with van der Waals surface area (Å²) in [6.45, 7) is 2.40. The van der Waals surface area contributed by atoms with E-state index in [1.54, 1.807) is 27.8 Å². The van der Waals surface area contributed by atoms with E-state index in [0.29, 0.717) is 12.4 Å². The molecule has 4 rings (SSSR count). The second kappa shape index (κ2) is 7.85. The number of hydrogen-bond donors (Lipinski definition) is 1. The molecule has 1 unspecified atom stereocenters. The smallest absolute Gasteiger partial charge is 0.272 e. The Hall–Kier alpha value is -3.13. The second-order valence-electron chi connectivity index (χ2n) is 6.46. The van der Waals surface area contributed by atoms with E-state index in [4.69, 9.17) is 0 Å². The zero-order chi connectivity index (χ0) is 19.5. The van der Waals surface area contributed by atoms with Crippen LogP contribution in [0.1, 0.15) is 29.0 Å². The Labute approximate surface area is 170 Å². The third kappa shape index (κ3) is 4.07. The van der Waals surface area contributed by atoms with Gasteiger partial charge in [0.1, 0.15) is 12.4 Å². The first kappa shape index (κ1) is 18.2. The third-order valence-electron chi connectivity index (χ3n) is 4.41. The maximum Gasteiger partial charge on any atom is 0.272 e. The molecule has 142 valence electrons. The molecule has 1 amide bonds. The molecule has 1 atom stereocenters. The van der Waals surface area contributed by atoms with Gasteiger partial charge in [0.15, 0.2) is 0 Å². The number of halogens is 1. The zero-order valence-electron chi connectivity index (χ0n) is 15.2. The summed E-state index contributed by atoms with van der Waals surface area (Å²) in [5, 5.41) is 11.5. The number of benzene rings is 1. The second-order valence-corrected chi connectivity index (χ2v) is 7.37. The highest BCUT2D eigenvalue weighted by atomic mass is 79.9. The topological polar surface area (TPSA) is 69.7 Å². The van der Waals surface area contributed by atoms with Crippen molar-refractivity contribution in [2.75, 3.05) is 0 Å². The van der Waals surface area contributed by atoms with Crippen molar-refractivity contribution in [3.8, 4) is 5.69 Å². The van der Waals surface area contributed by atoms with Crippen molar-refractivity contribution in [1.29, 1.82) is 0 Å². The van der Waals surface area contributed by atoms with Crippen molar-refractivity contribution in [2.24, 2.45) is 0 Å². The van der Waals surface area contributed by atoms with E-state index in [-0.39, 0.29) is 11.9 Å². The van der Waals surface area contributed by atoms with Gasteiger partial charge >= 0.3 is 0 Å². The highest BCUT2D eigenvalue weighted by molar-refractivity contribution is 9.10. The molecule has 1 aromatic carbocycles. The van der Waals surface area contributed by atoms with Crippen LogP contribution in [0.5, 0.6) is 0 Å². The predicted octanol–water partition coefficient (Wildman–Crippen LogP) is 3.63. The molecule has 0 radical (unpaired) electrons. The molecule has 3 heterocycles. The lowest BCUT2D eigenvalue weighted by Gasteiger charge is -2.14. The zero-order valence-corrected chi connectivity index (χ0v) is 16.8. The van der Waals surface area contributed by atoms with E-state index in [2.05, 4.69) is 31.4 Å². The Kier molecular flexibility index (Phi) is 5.12. The number of nitrogens with zero attached hydrogens (tertiary/aromatic N) is 5. The standard InChI is InChI=1S/C20H19BrN6O/c1-15(16-4-6-18(7-5-16)25-9-2-3-10-25)23-20(28)19-8-11-26(24-19)14-27-13-17(21)12-22-27/h2-13,15H,14H2,1H3,(H,23,28). The minimum absolute atomic E-state index is 0.126. The number of hydrogen-bond acceptors (Lipinski definition) is 3. The first-order valence-corrected chi connectivity index (χ1v) is 9.63. The molecule has 0 aliphatic carbocycles. The summed E-state index contributed by atoms with van der Waals surface area (Å²) in [6.07, 6.45) is 9.32. The van der Waals surface area contributed by atoms with Crippen LogP contribution in [0, 0.1) is 0 Å². The normalized spacial score (nSPS) is 12.1. The van der Waals surface area contributed by atoms with Crippen LogP contribution >= 0.6 is 15.9 Å². The Morgan fingerprint density at radius 3 is 2.54 bits per heavy atom. The van der Waals surface area contributed by atoms with E-state index >= 15 is 0 Å². The van der Waals surface area contributed by atoms with Gasteiger partial charge in [-0.1, -0.05) is 12.1 Å². The maximum atomic E-state index is 12.5. The summed E-state index contributed by atoms with van der Waals surface area (Å²) >= 11 is 3.36. The number of carbonyl (C=O) groups excluding carboxylic acids is 1. The van der Waals surface area contributed by atoms with Crippen LogP contribution in [0.2, 0.25) is 0 Å². The molecule has 0 aliphatic heterocycles. The highest BCUT2D eigenvalue weighted by Crippen LogP contribution is 2.16. The minimum Gasteiger partial charge on any atom is -0.344 e. The van der Waals surface area contributed by atoms with E-state index in [0.717, 1.165) is 15.7 Å². The molecule has 7 nitrogen and oxygen atoms in total. The lowest BCUT2D eigenvalue weighted by molar-refractivity contribution is 0.0934. The molecule has 28 heavy (non-hydrogen) atoms. The van der Waals surface area contributed by atoms with Gasteiger partial charge in [-0.3, -0.25) is 9.48 Å². The van der Waals surface area contributed by atoms with Crippen molar-refractivity contribution in [3.63, 3.8) is 0 Å². The summed E-state index contributed by atoms with van der Waals surface area (Å²) in [5.41, 5.74) is 2.49. The van der Waals surface area contributed by atoms with Gasteiger partial charge in [-0.25, -0.2) is 4.68 Å². The number of carbonyl (C=O) groups is 1. The third-order valence-corrected chi connectivity index (χ3v) is 4.82. The molecule has 0 saturated carbocycles. The molecular weight excluding hydrogens is 420 g/mol. The van der Waals surface area contributed by atoms with Crippen LogP contribution in [-0.4, -0.2) is 30.0 Å². The van der Waals surface area contributed by atoms with E-state index in [9.17, 15) is 4.79 Å². The Balaban J connectivity index is 1.39. The Bertz CT molecular complexity index is 1060. The van der Waals surface area contributed by atoms with Crippen LogP contribution in [0.25, 0.3) is 5.69 Å². The lowest BCUT2D eigenvalue weighted by atomic mass is 10.1. The van der Waals surface area contributed by atoms with Crippen molar-refractivity contribution in [2.45, 2.75) is 19.6 Å². The summed E-state index contributed by atoms with van der Waals surface area (Å²) in [6, 6.07) is 13.7. The molecule has 0 spiro atoms. The molecule has 0 bridgehead atoms. The Morgan fingerprint density at radius 1 is 1.11 bits per heavy atom. The number of nitrogens with one attached hydrogen (secondary N) is 1. The van der Waals surface area contributed by atoms with Gasteiger partial charge in [0, 0.05) is 30.5 Å². The van der Waals surface area contributed by atoms with Crippen LogP contribution in [0.3, 0.4) is 0 Å². The highest BCUT2D eigenvalue weighted by Gasteiger charge is 2.14. The van der Waals surface area contributed by atoms with Crippen molar-refractivity contribution in [3.05, 3.63) is 89.2 Å². The lowest BCUT2D eigenvalue weighted by Crippen LogP contribution is -2.27. The fraction of sp³-hybridized carbons (Fsp3) is 0.150. The van der Waals surface area contributed by atoms with E-state index < -0.39 is 0 Å². The maximum absolute atomic E-state index is 12.5. The molecule has 3 aromatic heterocycles. The monoisotopic (exact) mass is 438 g/mol. The van der Waals surface area contributed by atoms with Crippen molar-refractivity contribution < 1.29 is 4.79 Å². The SMILES string of the molecule is CC(NC(=O)c1ccn(Cn2cc(Br)cn2)n1)c1ccc(-n2cccc2)cc1. The molecule has 0 saturated heterocycles. The van der Waals surface area contributed by atoms with Crippen LogP contribution in [-0.2, 0) is 6.67 Å². The van der Waals surface area contributed by atoms with Gasteiger partial charge < -0.3 is 9.88 Å². The first-order valence-electron chi connectivity index (χ1n) is 8.84. The quantitative estimate of drug-likeness (QED) is 0.499. The predicted molar refractivity (Wildman–Crippen MR) is 109 cm³/mol. The number of amides is 1. The largest absolute Gasteiger partial charge is 0.344 e. The van der Waals surface area contributed by atoms with Gasteiger partial charge in [0.05, 0.1) is 16.7 Å². The summed E-state index contributed by atoms with van der Waals surface area (Å²) in [4.78, 5) is 12.5. The van der Waals surface area contributed by atoms with Gasteiger partial charge in [-0.2, -0.15) is 10.2 Å². The van der Waals surface area contributed by atoms with Gasteiger partial charge in [0.2, 0.25) is 0 Å². The molecule has 4 aromatic rings. The van der Waals surface area contributed by atoms with Gasteiger partial charge in [-0.15, -0.1) is 0 Å². The summed E-state index contributed by atoms with van der Waals surface area (Å²) in [7, 11) is 0. The fourth-order valence-electron chi connectivity index (χ4n) is 2.92. The summed E-state index contributed by atoms with van der Waals surface area (Å²) < 4.78 is 6.34. The minimum atomic E-state index is -0.206. The van der Waals surface area contributed by atoms with Gasteiger partial charge in [-0.05, 0) is 58.7 Å². The molecule has 0 aliphatic rings. The molecule has 0 fully saturated rings. The van der Waals surface area contributed by atoms with Crippen LogP contribution < -0.4 is 5.32 Å².